The zero-order valence-electron chi connectivity index (χ0n) is 22.5. The quantitative estimate of drug-likeness (QED) is 0.339. The average Bonchev–Trinajstić information content (AvgIpc) is 3.31. The fourth-order valence-corrected chi connectivity index (χ4v) is 7.27. The molecule has 0 bridgehead atoms. The molecule has 0 radical (unpaired) electrons. The van der Waals surface area contributed by atoms with Crippen molar-refractivity contribution in [3.05, 3.63) is 45.0 Å². The second-order valence-electron chi connectivity index (χ2n) is 11.0. The molecule has 1 saturated heterocycles. The summed E-state index contributed by atoms with van der Waals surface area (Å²) in [6, 6.07) is 5.31. The molecule has 2 aliphatic heterocycles. The molecule has 1 saturated carbocycles. The van der Waals surface area contributed by atoms with Gasteiger partial charge in [-0.3, -0.25) is 14.2 Å². The minimum Gasteiger partial charge on any atom is -0.493 e. The molecular formula is C27H32ClN9O3S. The molecular weight excluding hydrogens is 566 g/mol. The van der Waals surface area contributed by atoms with Gasteiger partial charge in [0.2, 0.25) is 11.8 Å². The Morgan fingerprint density at radius 3 is 2.66 bits per heavy atom. The summed E-state index contributed by atoms with van der Waals surface area (Å²) < 4.78 is 1.44. The molecule has 1 aromatic carbocycles. The molecule has 216 valence electrons. The number of nitrogens with zero attached hydrogens (tertiary/aromatic N) is 6. The van der Waals surface area contributed by atoms with E-state index in [4.69, 9.17) is 23.1 Å². The minimum atomic E-state index is -0.794. The molecule has 1 atom stereocenters. The molecule has 2 aromatic heterocycles. The van der Waals surface area contributed by atoms with E-state index >= 15 is 0 Å². The number of aryl methyl sites for hydroxylation is 1. The molecule has 2 fully saturated rings. The van der Waals surface area contributed by atoms with Gasteiger partial charge >= 0.3 is 0 Å². The van der Waals surface area contributed by atoms with Crippen molar-refractivity contribution in [2.24, 2.45) is 11.1 Å². The maximum Gasteiger partial charge on any atom is 0.270 e. The van der Waals surface area contributed by atoms with Crippen LogP contribution in [0.15, 0.2) is 32.9 Å². The highest BCUT2D eigenvalue weighted by molar-refractivity contribution is 7.99. The lowest BCUT2D eigenvalue weighted by atomic mass is 9.74. The molecule has 1 aliphatic carbocycles. The van der Waals surface area contributed by atoms with Crippen molar-refractivity contribution in [1.29, 1.82) is 0 Å². The molecule has 3 aromatic rings. The fraction of sp³-hybridized carbons (Fsp3) is 0.481. The number of nitrogens with two attached hydrogens (primary N) is 2. The highest BCUT2D eigenvalue weighted by Gasteiger charge is 2.43. The second kappa shape index (κ2) is 11.1. The van der Waals surface area contributed by atoms with Crippen LogP contribution >= 0.6 is 23.4 Å². The number of aromatic nitrogens is 5. The number of rotatable bonds is 5. The van der Waals surface area contributed by atoms with Gasteiger partial charge in [0.25, 0.3) is 11.5 Å². The smallest absolute Gasteiger partial charge is 0.270 e. The topological polar surface area (TPSA) is 178 Å². The van der Waals surface area contributed by atoms with Crippen molar-refractivity contribution >= 4 is 46.7 Å². The maximum atomic E-state index is 13.1. The Labute approximate surface area is 245 Å². The van der Waals surface area contributed by atoms with Crippen LogP contribution in [-0.4, -0.2) is 54.9 Å². The largest absolute Gasteiger partial charge is 0.493 e. The SMILES string of the molecule is Nc1nc(N2CCC3(CCC[C@H]3N)CC2)nnc1Sc1cccc(NC(=O)c2c(O)nc3n(c2=O)CCCC3)c1Cl. The van der Waals surface area contributed by atoms with Crippen LogP contribution in [0, 0.1) is 5.41 Å². The van der Waals surface area contributed by atoms with Gasteiger partial charge in [-0.15, -0.1) is 10.2 Å². The first-order valence-corrected chi connectivity index (χ1v) is 15.1. The summed E-state index contributed by atoms with van der Waals surface area (Å²) >= 11 is 7.80. The van der Waals surface area contributed by atoms with Crippen molar-refractivity contribution in [3.63, 3.8) is 0 Å². The second-order valence-corrected chi connectivity index (χ2v) is 12.4. The number of hydrogen-bond donors (Lipinski definition) is 4. The molecule has 3 aliphatic rings. The zero-order chi connectivity index (χ0) is 28.7. The predicted molar refractivity (Wildman–Crippen MR) is 157 cm³/mol. The highest BCUT2D eigenvalue weighted by Crippen LogP contribution is 2.46. The molecule has 4 heterocycles. The summed E-state index contributed by atoms with van der Waals surface area (Å²) in [5, 5.41) is 22.2. The normalized spacial score (nSPS) is 19.8. The Hall–Kier alpha value is -3.42. The van der Waals surface area contributed by atoms with Gasteiger partial charge < -0.3 is 26.8 Å². The number of amides is 1. The van der Waals surface area contributed by atoms with Crippen LogP contribution in [0.3, 0.4) is 0 Å². The van der Waals surface area contributed by atoms with E-state index in [1.54, 1.807) is 18.2 Å². The van der Waals surface area contributed by atoms with E-state index in [2.05, 4.69) is 30.4 Å². The van der Waals surface area contributed by atoms with E-state index in [9.17, 15) is 14.7 Å². The molecule has 14 heteroatoms. The summed E-state index contributed by atoms with van der Waals surface area (Å²) in [5.74, 6) is -0.192. The summed E-state index contributed by atoms with van der Waals surface area (Å²) in [5.41, 5.74) is 12.2. The van der Waals surface area contributed by atoms with E-state index in [0.29, 0.717) is 34.7 Å². The summed E-state index contributed by atoms with van der Waals surface area (Å²) in [7, 11) is 0. The molecule has 12 nitrogen and oxygen atoms in total. The minimum absolute atomic E-state index is 0.218. The number of aromatic hydroxyl groups is 1. The average molecular weight is 598 g/mol. The van der Waals surface area contributed by atoms with Gasteiger partial charge in [0, 0.05) is 37.0 Å². The van der Waals surface area contributed by atoms with E-state index in [1.807, 2.05) is 0 Å². The summed E-state index contributed by atoms with van der Waals surface area (Å²) in [6.45, 7) is 2.08. The number of fused-ring (bicyclic) bond motifs is 1. The van der Waals surface area contributed by atoms with Gasteiger partial charge in [-0.05, 0) is 56.1 Å². The van der Waals surface area contributed by atoms with Crippen molar-refractivity contribution in [3.8, 4) is 5.88 Å². The number of hydrogen-bond acceptors (Lipinski definition) is 11. The van der Waals surface area contributed by atoms with Crippen LogP contribution in [0.4, 0.5) is 17.5 Å². The number of halogens is 1. The molecule has 1 amide bonds. The van der Waals surface area contributed by atoms with Gasteiger partial charge in [-0.25, -0.2) is 0 Å². The molecule has 41 heavy (non-hydrogen) atoms. The van der Waals surface area contributed by atoms with Crippen LogP contribution in [0.1, 0.15) is 61.1 Å². The first-order chi connectivity index (χ1) is 19.8. The number of benzene rings is 1. The standard InChI is InChI=1S/C27H32ClN9O3S/c28-20-15(31-22(38)19-23(39)32-18-8-1-2-12-37(18)25(19)40)5-3-6-16(20)41-24-21(30)33-26(35-34-24)36-13-10-27(11-14-36)9-4-7-17(27)29/h3,5-6,17,39H,1-2,4,7-14,29H2,(H,31,38)(H2,30,33,35)/t17-/m1/s1. The number of anilines is 3. The Morgan fingerprint density at radius 1 is 1.12 bits per heavy atom. The summed E-state index contributed by atoms with van der Waals surface area (Å²) in [4.78, 5) is 37.2. The Bertz CT molecular complexity index is 1560. The fourth-order valence-electron chi connectivity index (χ4n) is 6.20. The van der Waals surface area contributed by atoms with Crippen LogP contribution in [0.5, 0.6) is 5.88 Å². The van der Waals surface area contributed by atoms with Crippen LogP contribution in [0.2, 0.25) is 5.02 Å². The van der Waals surface area contributed by atoms with E-state index in [-0.39, 0.29) is 28.0 Å². The van der Waals surface area contributed by atoms with Gasteiger partial charge in [0.1, 0.15) is 5.82 Å². The molecule has 0 unspecified atom stereocenters. The Kier molecular flexibility index (Phi) is 7.51. The zero-order valence-corrected chi connectivity index (χ0v) is 24.0. The van der Waals surface area contributed by atoms with Gasteiger partial charge in [0.05, 0.1) is 10.7 Å². The molecule has 1 spiro atoms. The first kappa shape index (κ1) is 27.7. The third kappa shape index (κ3) is 5.22. The van der Waals surface area contributed by atoms with Gasteiger partial charge in [0.15, 0.2) is 16.4 Å². The van der Waals surface area contributed by atoms with E-state index < -0.39 is 22.9 Å². The van der Waals surface area contributed by atoms with Gasteiger partial charge in [-0.2, -0.15) is 9.97 Å². The summed E-state index contributed by atoms with van der Waals surface area (Å²) in [6.07, 6.45) is 7.74. The third-order valence-electron chi connectivity index (χ3n) is 8.59. The lowest BCUT2D eigenvalue weighted by molar-refractivity contribution is 0.102. The molecule has 6 rings (SSSR count). The number of nitrogen functional groups attached to an aromatic ring is 1. The highest BCUT2D eigenvalue weighted by atomic mass is 35.5. The number of carbonyl (C=O) groups excluding carboxylic acids is 1. The monoisotopic (exact) mass is 597 g/mol. The molecule has 6 N–H and O–H groups in total. The Morgan fingerprint density at radius 2 is 1.93 bits per heavy atom. The van der Waals surface area contributed by atoms with Crippen molar-refractivity contribution in [1.82, 2.24) is 24.7 Å². The van der Waals surface area contributed by atoms with E-state index in [0.717, 1.165) is 45.2 Å². The van der Waals surface area contributed by atoms with Crippen LogP contribution in [-0.2, 0) is 13.0 Å². The lowest BCUT2D eigenvalue weighted by Crippen LogP contribution is -2.47. The van der Waals surface area contributed by atoms with Crippen molar-refractivity contribution < 1.29 is 9.90 Å². The van der Waals surface area contributed by atoms with Crippen LogP contribution in [0.25, 0.3) is 0 Å². The number of piperidine rings is 1. The lowest BCUT2D eigenvalue weighted by Gasteiger charge is -2.42. The third-order valence-corrected chi connectivity index (χ3v) is 10.2. The van der Waals surface area contributed by atoms with Gasteiger partial charge in [-0.1, -0.05) is 35.9 Å². The van der Waals surface area contributed by atoms with Crippen molar-refractivity contribution in [2.75, 3.05) is 29.0 Å². The van der Waals surface area contributed by atoms with Crippen LogP contribution < -0.4 is 27.2 Å². The number of carbonyl (C=O) groups is 1. The maximum absolute atomic E-state index is 13.1. The predicted octanol–water partition coefficient (Wildman–Crippen LogP) is 3.21. The number of nitrogens with one attached hydrogen (secondary N) is 1. The Balaban J connectivity index is 1.16. The van der Waals surface area contributed by atoms with E-state index in [1.165, 1.54) is 29.2 Å². The van der Waals surface area contributed by atoms with Crippen molar-refractivity contribution in [2.45, 2.75) is 73.9 Å². The first-order valence-electron chi connectivity index (χ1n) is 13.9.